The number of benzene rings is 1. The van der Waals surface area contributed by atoms with E-state index in [9.17, 15) is 14.9 Å². The third-order valence-electron chi connectivity index (χ3n) is 2.49. The molecule has 0 saturated carbocycles. The van der Waals surface area contributed by atoms with Crippen LogP contribution in [0.2, 0.25) is 5.15 Å². The second-order valence-electron chi connectivity index (χ2n) is 3.91. The molecule has 1 heterocycles. The van der Waals surface area contributed by atoms with E-state index in [0.717, 1.165) is 0 Å². The topological polar surface area (TPSA) is 82.3 Å². The number of aromatic nitrogens is 1. The van der Waals surface area contributed by atoms with Gasteiger partial charge in [0.1, 0.15) is 10.9 Å². The number of carbonyl (C=O) groups is 1. The number of ether oxygens (including phenoxy) is 1. The van der Waals surface area contributed by atoms with Gasteiger partial charge >= 0.3 is 5.69 Å². The molecule has 1 aromatic carbocycles. The Bertz CT molecular complexity index is 671. The zero-order valence-corrected chi connectivity index (χ0v) is 11.1. The van der Waals surface area contributed by atoms with Gasteiger partial charge in [-0.15, -0.1) is 0 Å². The van der Waals surface area contributed by atoms with Gasteiger partial charge in [-0.25, -0.2) is 4.98 Å². The van der Waals surface area contributed by atoms with E-state index in [1.54, 1.807) is 0 Å². The first-order valence-electron chi connectivity index (χ1n) is 5.56. The Morgan fingerprint density at radius 3 is 2.65 bits per heavy atom. The molecule has 1 aromatic heterocycles. The first kappa shape index (κ1) is 14.0. The van der Waals surface area contributed by atoms with Gasteiger partial charge in [-0.1, -0.05) is 11.6 Å². The number of Topliss-reactive ketones (excluding diaryl/α,β-unsaturated/α-hetero) is 1. The van der Waals surface area contributed by atoms with E-state index in [4.69, 9.17) is 16.3 Å². The summed E-state index contributed by atoms with van der Waals surface area (Å²) in [6.07, 6.45) is 1.35. The van der Waals surface area contributed by atoms with E-state index in [1.807, 2.05) is 0 Å². The van der Waals surface area contributed by atoms with Crippen LogP contribution in [0.25, 0.3) is 0 Å². The predicted molar refractivity (Wildman–Crippen MR) is 72.4 cm³/mol. The summed E-state index contributed by atoms with van der Waals surface area (Å²) < 4.78 is 5.39. The Labute approximate surface area is 119 Å². The van der Waals surface area contributed by atoms with Crippen LogP contribution in [0.1, 0.15) is 17.3 Å². The summed E-state index contributed by atoms with van der Waals surface area (Å²) in [5.74, 6) is 0.0880. The number of rotatable bonds is 4. The molecule has 6 nitrogen and oxygen atoms in total. The zero-order valence-electron chi connectivity index (χ0n) is 10.4. The number of ketones is 1. The van der Waals surface area contributed by atoms with Crippen LogP contribution in [0.5, 0.6) is 11.5 Å². The standard InChI is InChI=1S/C13H9ClN2O4/c1-8(17)9-2-4-12(11(6-9)16(18)19)20-10-3-5-13(14)15-7-10/h2-7H,1H3. The molecule has 102 valence electrons. The Balaban J connectivity index is 2.38. The predicted octanol–water partition coefficient (Wildman–Crippen LogP) is 3.64. The van der Waals surface area contributed by atoms with Gasteiger partial charge in [-0.3, -0.25) is 14.9 Å². The summed E-state index contributed by atoms with van der Waals surface area (Å²) in [6, 6.07) is 7.07. The molecule has 0 atom stereocenters. The van der Waals surface area contributed by atoms with Crippen molar-refractivity contribution >= 4 is 23.1 Å². The molecule has 2 aromatic rings. The number of hydrogen-bond donors (Lipinski definition) is 0. The van der Waals surface area contributed by atoms with E-state index >= 15 is 0 Å². The largest absolute Gasteiger partial charge is 0.449 e. The molecule has 0 aliphatic heterocycles. The van der Waals surface area contributed by atoms with Crippen molar-refractivity contribution in [2.75, 3.05) is 0 Å². The molecule has 0 bridgehead atoms. The normalized spacial score (nSPS) is 10.1. The molecule has 0 aliphatic carbocycles. The lowest BCUT2D eigenvalue weighted by molar-refractivity contribution is -0.385. The van der Waals surface area contributed by atoms with Crippen LogP contribution in [0.15, 0.2) is 36.5 Å². The number of pyridine rings is 1. The van der Waals surface area contributed by atoms with E-state index in [0.29, 0.717) is 10.9 Å². The van der Waals surface area contributed by atoms with Gasteiger partial charge in [-0.2, -0.15) is 0 Å². The smallest absolute Gasteiger partial charge is 0.312 e. The van der Waals surface area contributed by atoms with Crippen LogP contribution < -0.4 is 4.74 Å². The summed E-state index contributed by atoms with van der Waals surface area (Å²) >= 11 is 5.64. The molecule has 0 fully saturated rings. The van der Waals surface area contributed by atoms with Crippen molar-refractivity contribution in [2.45, 2.75) is 6.92 Å². The van der Waals surface area contributed by atoms with Crippen molar-refractivity contribution in [3.63, 3.8) is 0 Å². The van der Waals surface area contributed by atoms with Crippen LogP contribution >= 0.6 is 11.6 Å². The van der Waals surface area contributed by atoms with Crippen molar-refractivity contribution in [1.82, 2.24) is 4.98 Å². The molecule has 0 radical (unpaired) electrons. The lowest BCUT2D eigenvalue weighted by atomic mass is 10.1. The van der Waals surface area contributed by atoms with Crippen LogP contribution in [0.3, 0.4) is 0 Å². The molecule has 2 rings (SSSR count). The molecule has 20 heavy (non-hydrogen) atoms. The number of carbonyl (C=O) groups excluding carboxylic acids is 1. The van der Waals surface area contributed by atoms with Crippen LogP contribution in [-0.2, 0) is 0 Å². The number of nitro benzene ring substituents is 1. The van der Waals surface area contributed by atoms with Crippen LogP contribution in [-0.4, -0.2) is 15.7 Å². The molecule has 0 amide bonds. The molecule has 0 saturated heterocycles. The summed E-state index contributed by atoms with van der Waals surface area (Å²) in [5, 5.41) is 11.3. The van der Waals surface area contributed by atoms with E-state index in [2.05, 4.69) is 4.98 Å². The first-order chi connectivity index (χ1) is 9.47. The molecule has 0 spiro atoms. The van der Waals surface area contributed by atoms with Crippen molar-refractivity contribution in [1.29, 1.82) is 0 Å². The lowest BCUT2D eigenvalue weighted by Gasteiger charge is -2.06. The average molecular weight is 293 g/mol. The van der Waals surface area contributed by atoms with Gasteiger partial charge < -0.3 is 4.74 Å². The lowest BCUT2D eigenvalue weighted by Crippen LogP contribution is -1.98. The SMILES string of the molecule is CC(=O)c1ccc(Oc2ccc(Cl)nc2)c([N+](=O)[O-])c1. The summed E-state index contributed by atoms with van der Waals surface area (Å²) in [4.78, 5) is 25.5. The number of nitrogens with zero attached hydrogens (tertiary/aromatic N) is 2. The van der Waals surface area contributed by atoms with E-state index < -0.39 is 4.92 Å². The molecule has 0 aliphatic rings. The van der Waals surface area contributed by atoms with Gasteiger partial charge in [-0.05, 0) is 31.2 Å². The Hall–Kier alpha value is -2.47. The summed E-state index contributed by atoms with van der Waals surface area (Å²) in [5.41, 5.74) is -0.0362. The second kappa shape index (κ2) is 5.66. The van der Waals surface area contributed by atoms with Crippen LogP contribution in [0.4, 0.5) is 5.69 Å². The van der Waals surface area contributed by atoms with Crippen LogP contribution in [0, 0.1) is 10.1 Å². The Morgan fingerprint density at radius 2 is 2.10 bits per heavy atom. The maximum atomic E-state index is 11.2. The first-order valence-corrected chi connectivity index (χ1v) is 5.94. The third kappa shape index (κ3) is 3.10. The summed E-state index contributed by atoms with van der Waals surface area (Å²) in [7, 11) is 0. The maximum Gasteiger partial charge on any atom is 0.312 e. The number of nitro groups is 1. The fourth-order valence-corrected chi connectivity index (χ4v) is 1.63. The van der Waals surface area contributed by atoms with Gasteiger partial charge in [0.15, 0.2) is 5.78 Å². The minimum absolute atomic E-state index is 0.0316. The van der Waals surface area contributed by atoms with Crippen molar-refractivity contribution in [2.24, 2.45) is 0 Å². The Kier molecular flexibility index (Phi) is 3.95. The fourth-order valence-electron chi connectivity index (χ4n) is 1.51. The highest BCUT2D eigenvalue weighted by Crippen LogP contribution is 2.32. The Morgan fingerprint density at radius 1 is 1.35 bits per heavy atom. The van der Waals surface area contributed by atoms with Gasteiger partial charge in [0.25, 0.3) is 0 Å². The van der Waals surface area contributed by atoms with Crippen molar-refractivity contribution in [3.8, 4) is 11.5 Å². The monoisotopic (exact) mass is 292 g/mol. The maximum absolute atomic E-state index is 11.2. The van der Waals surface area contributed by atoms with Crippen molar-refractivity contribution < 1.29 is 14.5 Å². The minimum atomic E-state index is -0.606. The minimum Gasteiger partial charge on any atom is -0.449 e. The molecule has 7 heteroatoms. The highest BCUT2D eigenvalue weighted by atomic mass is 35.5. The van der Waals surface area contributed by atoms with E-state index in [-0.39, 0.29) is 22.8 Å². The molecular weight excluding hydrogens is 284 g/mol. The second-order valence-corrected chi connectivity index (χ2v) is 4.30. The van der Waals surface area contributed by atoms with Crippen molar-refractivity contribution in [3.05, 3.63) is 57.4 Å². The number of hydrogen-bond acceptors (Lipinski definition) is 5. The average Bonchev–Trinajstić information content (AvgIpc) is 2.41. The number of halogens is 1. The van der Waals surface area contributed by atoms with Gasteiger partial charge in [0.05, 0.1) is 11.1 Å². The molecule has 0 unspecified atom stereocenters. The quantitative estimate of drug-likeness (QED) is 0.372. The molecular formula is C13H9ClN2O4. The highest BCUT2D eigenvalue weighted by Gasteiger charge is 2.18. The molecule has 0 N–H and O–H groups in total. The van der Waals surface area contributed by atoms with Gasteiger partial charge in [0, 0.05) is 11.6 Å². The third-order valence-corrected chi connectivity index (χ3v) is 2.71. The van der Waals surface area contributed by atoms with Gasteiger partial charge in [0.2, 0.25) is 5.75 Å². The summed E-state index contributed by atoms with van der Waals surface area (Å²) in [6.45, 7) is 1.34. The highest BCUT2D eigenvalue weighted by molar-refractivity contribution is 6.29. The fraction of sp³-hybridized carbons (Fsp3) is 0.0769. The zero-order chi connectivity index (χ0) is 14.7. The van der Waals surface area contributed by atoms with E-state index in [1.165, 1.54) is 43.5 Å².